The highest BCUT2D eigenvalue weighted by Gasteiger charge is 2.49. The second-order valence-corrected chi connectivity index (χ2v) is 4.76. The van der Waals surface area contributed by atoms with E-state index in [-0.39, 0.29) is 0 Å². The van der Waals surface area contributed by atoms with Crippen LogP contribution in [0, 0.1) is 5.92 Å². The van der Waals surface area contributed by atoms with Crippen molar-refractivity contribution in [1.29, 1.82) is 0 Å². The number of carboxylic acid groups (broad SMARTS) is 1. The number of hydrogen-bond acceptors (Lipinski definition) is 2. The molecule has 0 heterocycles. The average Bonchev–Trinajstić information content (AvgIpc) is 1.95. The largest absolute Gasteiger partial charge is 0.480 e. The van der Waals surface area contributed by atoms with Crippen molar-refractivity contribution in [3.8, 4) is 0 Å². The molecule has 0 radical (unpaired) electrons. The summed E-state index contributed by atoms with van der Waals surface area (Å²) in [6.45, 7) is 2.15. The lowest BCUT2D eigenvalue weighted by Crippen LogP contribution is -2.47. The van der Waals surface area contributed by atoms with Crippen LogP contribution in [0.5, 0.6) is 0 Å². The molecule has 0 bridgehead atoms. The zero-order chi connectivity index (χ0) is 9.19. The van der Waals surface area contributed by atoms with Crippen LogP contribution in [0.4, 0.5) is 0 Å². The lowest BCUT2D eigenvalue weighted by Gasteiger charge is -2.43. The summed E-state index contributed by atoms with van der Waals surface area (Å²) in [4.78, 5) is 10.9. The van der Waals surface area contributed by atoms with Crippen LogP contribution in [0.15, 0.2) is 0 Å². The molecule has 0 atom stereocenters. The van der Waals surface area contributed by atoms with Crippen LogP contribution in [0.3, 0.4) is 0 Å². The molecule has 1 saturated carbocycles. The Balaban J connectivity index is 2.41. The molecule has 2 nitrogen and oxygen atoms in total. The van der Waals surface area contributed by atoms with E-state index in [0.29, 0.717) is 5.92 Å². The molecule has 1 aliphatic rings. The fourth-order valence-electron chi connectivity index (χ4n) is 1.91. The van der Waals surface area contributed by atoms with Gasteiger partial charge in [0.15, 0.2) is 0 Å². The topological polar surface area (TPSA) is 37.3 Å². The molecule has 0 amide bonds. The molecule has 1 rings (SSSR count). The molecule has 1 aliphatic carbocycles. The van der Waals surface area contributed by atoms with Crippen molar-refractivity contribution >= 4 is 17.7 Å². The average molecular weight is 188 g/mol. The number of rotatable bonds is 4. The van der Waals surface area contributed by atoms with E-state index in [9.17, 15) is 4.79 Å². The van der Waals surface area contributed by atoms with Crippen LogP contribution in [0.25, 0.3) is 0 Å². The minimum atomic E-state index is -0.623. The quantitative estimate of drug-likeness (QED) is 0.736. The first kappa shape index (κ1) is 9.90. The van der Waals surface area contributed by atoms with Crippen molar-refractivity contribution in [2.45, 2.75) is 37.4 Å². The van der Waals surface area contributed by atoms with Crippen LogP contribution in [0.2, 0.25) is 0 Å². The van der Waals surface area contributed by atoms with Crippen molar-refractivity contribution in [2.24, 2.45) is 5.92 Å². The maximum atomic E-state index is 10.9. The van der Waals surface area contributed by atoms with Crippen LogP contribution >= 0.6 is 11.8 Å². The summed E-state index contributed by atoms with van der Waals surface area (Å²) in [5.74, 6) is 0.0425. The number of thioether (sulfide) groups is 1. The van der Waals surface area contributed by atoms with Crippen molar-refractivity contribution in [3.63, 3.8) is 0 Å². The monoisotopic (exact) mass is 188 g/mol. The molecule has 0 saturated heterocycles. The third kappa shape index (κ3) is 1.60. The van der Waals surface area contributed by atoms with E-state index < -0.39 is 10.7 Å². The Hall–Kier alpha value is -0.180. The van der Waals surface area contributed by atoms with Gasteiger partial charge in [0.1, 0.15) is 4.75 Å². The van der Waals surface area contributed by atoms with Gasteiger partial charge in [-0.1, -0.05) is 19.8 Å². The Labute approximate surface area is 77.7 Å². The first-order chi connectivity index (χ1) is 5.64. The Morgan fingerprint density at radius 1 is 1.67 bits per heavy atom. The van der Waals surface area contributed by atoms with Gasteiger partial charge in [0.05, 0.1) is 0 Å². The molecule has 0 aromatic carbocycles. The van der Waals surface area contributed by atoms with Gasteiger partial charge in [-0.25, -0.2) is 0 Å². The lowest BCUT2D eigenvalue weighted by atomic mass is 9.72. The van der Waals surface area contributed by atoms with Gasteiger partial charge in [-0.3, -0.25) is 4.79 Å². The van der Waals surface area contributed by atoms with E-state index >= 15 is 0 Å². The summed E-state index contributed by atoms with van der Waals surface area (Å²) >= 11 is 1.50. The van der Waals surface area contributed by atoms with Gasteiger partial charge in [-0.05, 0) is 25.0 Å². The van der Waals surface area contributed by atoms with Gasteiger partial charge in [0, 0.05) is 0 Å². The second kappa shape index (κ2) is 3.69. The second-order valence-electron chi connectivity index (χ2n) is 3.57. The maximum absolute atomic E-state index is 10.9. The molecule has 1 fully saturated rings. The number of carboxylic acids is 1. The fraction of sp³-hybridized carbons (Fsp3) is 0.889. The van der Waals surface area contributed by atoms with Gasteiger partial charge in [-0.15, -0.1) is 11.8 Å². The van der Waals surface area contributed by atoms with E-state index in [1.807, 2.05) is 6.26 Å². The highest BCUT2D eigenvalue weighted by molar-refractivity contribution is 8.00. The number of aliphatic carboxylic acids is 1. The molecule has 0 aromatic heterocycles. The molecule has 0 aromatic rings. The SMILES string of the molecule is CCCC1CC(SC)(C(=O)O)C1. The molecular formula is C9H16O2S. The molecular weight excluding hydrogens is 172 g/mol. The Morgan fingerprint density at radius 3 is 2.58 bits per heavy atom. The summed E-state index contributed by atoms with van der Waals surface area (Å²) in [5.41, 5.74) is 0. The van der Waals surface area contributed by atoms with E-state index in [0.717, 1.165) is 12.8 Å². The molecule has 1 N–H and O–H groups in total. The predicted molar refractivity (Wildman–Crippen MR) is 51.5 cm³/mol. The Bertz CT molecular complexity index is 173. The number of hydrogen-bond donors (Lipinski definition) is 1. The standard InChI is InChI=1S/C9H16O2S/c1-3-4-7-5-9(6-7,12-2)8(10)11/h7H,3-6H2,1-2H3,(H,10,11). The van der Waals surface area contributed by atoms with Crippen molar-refractivity contribution < 1.29 is 9.90 Å². The van der Waals surface area contributed by atoms with Crippen molar-refractivity contribution in [3.05, 3.63) is 0 Å². The fourth-order valence-corrected chi connectivity index (χ4v) is 2.89. The minimum Gasteiger partial charge on any atom is -0.480 e. The third-order valence-electron chi connectivity index (χ3n) is 2.71. The third-order valence-corrected chi connectivity index (χ3v) is 4.00. The summed E-state index contributed by atoms with van der Waals surface area (Å²) in [7, 11) is 0. The van der Waals surface area contributed by atoms with Crippen LogP contribution in [-0.2, 0) is 4.79 Å². The first-order valence-corrected chi connectivity index (χ1v) is 5.65. The van der Waals surface area contributed by atoms with Gasteiger partial charge < -0.3 is 5.11 Å². The summed E-state index contributed by atoms with van der Waals surface area (Å²) in [5, 5.41) is 8.95. The Morgan fingerprint density at radius 2 is 2.25 bits per heavy atom. The van der Waals surface area contributed by atoms with E-state index in [1.165, 1.54) is 24.6 Å². The summed E-state index contributed by atoms with van der Waals surface area (Å²) in [6.07, 6.45) is 6.01. The lowest BCUT2D eigenvalue weighted by molar-refractivity contribution is -0.143. The zero-order valence-electron chi connectivity index (χ0n) is 7.67. The van der Waals surface area contributed by atoms with E-state index in [1.54, 1.807) is 0 Å². The summed E-state index contributed by atoms with van der Waals surface area (Å²) in [6, 6.07) is 0. The molecule has 0 aliphatic heterocycles. The van der Waals surface area contributed by atoms with Gasteiger partial charge >= 0.3 is 5.97 Å². The van der Waals surface area contributed by atoms with Crippen molar-refractivity contribution in [2.75, 3.05) is 6.26 Å². The zero-order valence-corrected chi connectivity index (χ0v) is 8.49. The number of carbonyl (C=O) groups is 1. The highest BCUT2D eigenvalue weighted by atomic mass is 32.2. The van der Waals surface area contributed by atoms with Gasteiger partial charge in [0.25, 0.3) is 0 Å². The molecule has 0 spiro atoms. The van der Waals surface area contributed by atoms with Crippen molar-refractivity contribution in [1.82, 2.24) is 0 Å². The Kier molecular flexibility index (Phi) is 3.04. The molecule has 70 valence electrons. The van der Waals surface area contributed by atoms with Gasteiger partial charge in [0.2, 0.25) is 0 Å². The van der Waals surface area contributed by atoms with Gasteiger partial charge in [-0.2, -0.15) is 0 Å². The predicted octanol–water partition coefficient (Wildman–Crippen LogP) is 2.38. The molecule has 12 heavy (non-hydrogen) atoms. The molecule has 0 unspecified atom stereocenters. The summed E-state index contributed by atoms with van der Waals surface area (Å²) < 4.78 is -0.431. The maximum Gasteiger partial charge on any atom is 0.319 e. The normalized spacial score (nSPS) is 34.3. The minimum absolute atomic E-state index is 0.431. The van der Waals surface area contributed by atoms with E-state index in [4.69, 9.17) is 5.11 Å². The molecule has 3 heteroatoms. The highest BCUT2D eigenvalue weighted by Crippen LogP contribution is 2.48. The van der Waals surface area contributed by atoms with Crippen LogP contribution < -0.4 is 0 Å². The first-order valence-electron chi connectivity index (χ1n) is 4.43. The van der Waals surface area contributed by atoms with E-state index in [2.05, 4.69) is 6.92 Å². The smallest absolute Gasteiger partial charge is 0.319 e. The van der Waals surface area contributed by atoms with Crippen LogP contribution in [-0.4, -0.2) is 22.1 Å². The van der Waals surface area contributed by atoms with Crippen LogP contribution in [0.1, 0.15) is 32.6 Å².